The van der Waals surface area contributed by atoms with Crippen molar-refractivity contribution in [3.05, 3.63) is 0 Å². The molecule has 2 fully saturated rings. The number of rotatable bonds is 4. The summed E-state index contributed by atoms with van der Waals surface area (Å²) in [5.74, 6) is 0.221. The summed E-state index contributed by atoms with van der Waals surface area (Å²) in [6, 6.07) is 0.597. The van der Waals surface area contributed by atoms with E-state index in [0.29, 0.717) is 6.04 Å². The number of hydrogen-bond donors (Lipinski definition) is 2. The molecule has 17 heavy (non-hydrogen) atoms. The number of likely N-dealkylation sites (tertiary alicyclic amines) is 1. The molecule has 2 heterocycles. The van der Waals surface area contributed by atoms with Gasteiger partial charge in [0.2, 0.25) is 5.91 Å². The quantitative estimate of drug-likeness (QED) is 0.767. The number of carbonyl (C=O) groups is 1. The van der Waals surface area contributed by atoms with Gasteiger partial charge in [-0.05, 0) is 51.5 Å². The van der Waals surface area contributed by atoms with Crippen LogP contribution in [0, 0.1) is 0 Å². The Labute approximate surface area is 103 Å². The van der Waals surface area contributed by atoms with Gasteiger partial charge in [-0.25, -0.2) is 0 Å². The van der Waals surface area contributed by atoms with Gasteiger partial charge in [-0.15, -0.1) is 0 Å². The third-order valence-corrected chi connectivity index (χ3v) is 4.02. The van der Waals surface area contributed by atoms with Gasteiger partial charge >= 0.3 is 0 Å². The molecular formula is C13H24N2O2. The van der Waals surface area contributed by atoms with Crippen LogP contribution < -0.4 is 5.32 Å². The molecule has 0 bridgehead atoms. The highest BCUT2D eigenvalue weighted by molar-refractivity contribution is 5.82. The van der Waals surface area contributed by atoms with Crippen molar-refractivity contribution in [2.45, 2.75) is 57.0 Å². The molecule has 4 nitrogen and oxygen atoms in total. The second-order valence-corrected chi connectivity index (χ2v) is 5.20. The first-order chi connectivity index (χ1) is 8.33. The Hall–Kier alpha value is -0.610. The molecule has 2 saturated heterocycles. The molecule has 2 rings (SSSR count). The number of carbonyl (C=O) groups excluding carboxylic acids is 1. The fourth-order valence-corrected chi connectivity index (χ4v) is 3.14. The van der Waals surface area contributed by atoms with Crippen LogP contribution in [0.2, 0.25) is 0 Å². The lowest BCUT2D eigenvalue weighted by molar-refractivity contribution is -0.126. The number of hydrogen-bond acceptors (Lipinski definition) is 3. The Balaban J connectivity index is 1.95. The minimum Gasteiger partial charge on any atom is -0.396 e. The predicted octanol–water partition coefficient (Wildman–Crippen LogP) is 0.892. The van der Waals surface area contributed by atoms with E-state index in [2.05, 4.69) is 10.2 Å². The van der Waals surface area contributed by atoms with Crippen molar-refractivity contribution >= 4 is 5.91 Å². The molecule has 0 saturated carbocycles. The first-order valence-electron chi connectivity index (χ1n) is 6.97. The Bertz CT molecular complexity index is 258. The lowest BCUT2D eigenvalue weighted by Gasteiger charge is -2.31. The van der Waals surface area contributed by atoms with E-state index in [4.69, 9.17) is 5.11 Å². The normalized spacial score (nSPS) is 31.2. The molecule has 2 N–H and O–H groups in total. The van der Waals surface area contributed by atoms with Crippen LogP contribution in [0.3, 0.4) is 0 Å². The standard InChI is InChI=1S/C13H24N2O2/c16-10-4-6-11-5-3-9-15(11)12-7-1-2-8-14-13(12)17/h11-12,16H,1-10H2,(H,14,17). The minimum absolute atomic E-state index is 0.0868. The second-order valence-electron chi connectivity index (χ2n) is 5.20. The van der Waals surface area contributed by atoms with E-state index in [-0.39, 0.29) is 18.6 Å². The molecular weight excluding hydrogens is 216 g/mol. The minimum atomic E-state index is 0.0868. The van der Waals surface area contributed by atoms with Crippen LogP contribution in [0.15, 0.2) is 0 Å². The lowest BCUT2D eigenvalue weighted by Crippen LogP contribution is -2.47. The summed E-state index contributed by atoms with van der Waals surface area (Å²) in [4.78, 5) is 14.4. The van der Waals surface area contributed by atoms with Gasteiger partial charge in [-0.2, -0.15) is 0 Å². The van der Waals surface area contributed by atoms with Crippen LogP contribution >= 0.6 is 0 Å². The summed E-state index contributed by atoms with van der Waals surface area (Å²) < 4.78 is 0. The highest BCUT2D eigenvalue weighted by Crippen LogP contribution is 2.26. The molecule has 2 aliphatic heterocycles. The van der Waals surface area contributed by atoms with E-state index in [0.717, 1.165) is 45.2 Å². The van der Waals surface area contributed by atoms with Crippen molar-refractivity contribution in [3.8, 4) is 0 Å². The largest absolute Gasteiger partial charge is 0.396 e. The maximum Gasteiger partial charge on any atom is 0.237 e. The van der Waals surface area contributed by atoms with Crippen LogP contribution in [0.1, 0.15) is 44.9 Å². The third-order valence-electron chi connectivity index (χ3n) is 4.02. The average Bonchev–Trinajstić information content (AvgIpc) is 2.69. The van der Waals surface area contributed by atoms with E-state index in [1.54, 1.807) is 0 Å². The molecule has 2 unspecified atom stereocenters. The van der Waals surface area contributed by atoms with Gasteiger partial charge in [-0.3, -0.25) is 9.69 Å². The summed E-state index contributed by atoms with van der Waals surface area (Å²) in [5, 5.41) is 11.9. The van der Waals surface area contributed by atoms with Crippen molar-refractivity contribution < 1.29 is 9.90 Å². The fraction of sp³-hybridized carbons (Fsp3) is 0.923. The zero-order chi connectivity index (χ0) is 12.1. The van der Waals surface area contributed by atoms with Crippen LogP contribution in [0.25, 0.3) is 0 Å². The highest BCUT2D eigenvalue weighted by atomic mass is 16.3. The average molecular weight is 240 g/mol. The Morgan fingerprint density at radius 3 is 3.00 bits per heavy atom. The number of aliphatic hydroxyl groups excluding tert-OH is 1. The SMILES string of the molecule is O=C1NCCCCC1N1CCCC1CCCO. The van der Waals surface area contributed by atoms with Crippen molar-refractivity contribution in [2.24, 2.45) is 0 Å². The molecule has 2 atom stereocenters. The number of amides is 1. The van der Waals surface area contributed by atoms with Gasteiger partial charge in [0, 0.05) is 19.2 Å². The molecule has 2 aliphatic rings. The first kappa shape index (κ1) is 12.8. The van der Waals surface area contributed by atoms with E-state index in [9.17, 15) is 4.79 Å². The summed E-state index contributed by atoms with van der Waals surface area (Å²) in [6.07, 6.45) is 7.52. The zero-order valence-corrected chi connectivity index (χ0v) is 10.5. The van der Waals surface area contributed by atoms with Gasteiger partial charge in [-0.1, -0.05) is 0 Å². The van der Waals surface area contributed by atoms with E-state index < -0.39 is 0 Å². The molecule has 0 radical (unpaired) electrons. The van der Waals surface area contributed by atoms with Crippen LogP contribution in [-0.4, -0.2) is 47.7 Å². The van der Waals surface area contributed by atoms with Crippen LogP contribution in [-0.2, 0) is 4.79 Å². The van der Waals surface area contributed by atoms with E-state index >= 15 is 0 Å². The number of nitrogens with one attached hydrogen (secondary N) is 1. The molecule has 0 aromatic heterocycles. The van der Waals surface area contributed by atoms with Gasteiger partial charge in [0.1, 0.15) is 0 Å². The molecule has 0 aromatic carbocycles. The summed E-state index contributed by atoms with van der Waals surface area (Å²) in [6.45, 7) is 2.15. The highest BCUT2D eigenvalue weighted by Gasteiger charge is 2.34. The fourth-order valence-electron chi connectivity index (χ4n) is 3.14. The number of aliphatic hydroxyl groups is 1. The Morgan fingerprint density at radius 1 is 1.29 bits per heavy atom. The molecule has 4 heteroatoms. The first-order valence-corrected chi connectivity index (χ1v) is 6.97. The van der Waals surface area contributed by atoms with Crippen molar-refractivity contribution in [1.29, 1.82) is 0 Å². The monoisotopic (exact) mass is 240 g/mol. The maximum atomic E-state index is 12.0. The van der Waals surface area contributed by atoms with Gasteiger partial charge < -0.3 is 10.4 Å². The Kier molecular flexibility index (Phi) is 4.80. The summed E-state index contributed by atoms with van der Waals surface area (Å²) in [7, 11) is 0. The Morgan fingerprint density at radius 2 is 2.18 bits per heavy atom. The second kappa shape index (κ2) is 6.36. The van der Waals surface area contributed by atoms with Crippen molar-refractivity contribution in [1.82, 2.24) is 10.2 Å². The van der Waals surface area contributed by atoms with Crippen molar-refractivity contribution in [3.63, 3.8) is 0 Å². The smallest absolute Gasteiger partial charge is 0.237 e. The molecule has 1 amide bonds. The zero-order valence-electron chi connectivity index (χ0n) is 10.5. The molecule has 0 aliphatic carbocycles. The topological polar surface area (TPSA) is 52.6 Å². The predicted molar refractivity (Wildman–Crippen MR) is 66.7 cm³/mol. The van der Waals surface area contributed by atoms with Crippen molar-refractivity contribution in [2.75, 3.05) is 19.7 Å². The van der Waals surface area contributed by atoms with Gasteiger partial charge in [0.25, 0.3) is 0 Å². The molecule has 0 spiro atoms. The number of nitrogens with zero attached hydrogens (tertiary/aromatic N) is 1. The van der Waals surface area contributed by atoms with Crippen LogP contribution in [0.5, 0.6) is 0 Å². The summed E-state index contributed by atoms with van der Waals surface area (Å²) >= 11 is 0. The van der Waals surface area contributed by atoms with Crippen LogP contribution in [0.4, 0.5) is 0 Å². The molecule has 0 aromatic rings. The van der Waals surface area contributed by atoms with Gasteiger partial charge in [0.05, 0.1) is 6.04 Å². The van der Waals surface area contributed by atoms with Gasteiger partial charge in [0.15, 0.2) is 0 Å². The van der Waals surface area contributed by atoms with E-state index in [1.165, 1.54) is 12.8 Å². The lowest BCUT2D eigenvalue weighted by atomic mass is 10.0. The van der Waals surface area contributed by atoms with E-state index in [1.807, 2.05) is 0 Å². The maximum absolute atomic E-state index is 12.0. The third kappa shape index (κ3) is 3.19. The summed E-state index contributed by atoms with van der Waals surface area (Å²) in [5.41, 5.74) is 0. The molecule has 98 valence electrons.